The normalized spacial score (nSPS) is 14.7. The van der Waals surface area contributed by atoms with Gasteiger partial charge in [0, 0.05) is 51.9 Å². The van der Waals surface area contributed by atoms with E-state index in [-0.39, 0.29) is 12.3 Å². The summed E-state index contributed by atoms with van der Waals surface area (Å²) in [6.07, 6.45) is 2.27. The molecule has 0 radical (unpaired) electrons. The molecule has 5 rings (SSSR count). The van der Waals surface area contributed by atoms with Crippen molar-refractivity contribution in [2.24, 2.45) is 5.92 Å². The van der Waals surface area contributed by atoms with E-state index in [0.717, 1.165) is 21.9 Å². The smallest absolute Gasteiger partial charge is 0.340 e. The summed E-state index contributed by atoms with van der Waals surface area (Å²) in [5.74, 6) is -1.84. The zero-order chi connectivity index (χ0) is 24.9. The SMILES string of the molecule is Cc1c(CC(=O)N2CCC(C(=O)[O-])CC2)c(=O)oc2c(C)c3occ(-c4ccc(Cl)cc4)c3cc12. The fourth-order valence-electron chi connectivity index (χ4n) is 4.88. The zero-order valence-corrected chi connectivity index (χ0v) is 20.1. The molecule has 35 heavy (non-hydrogen) atoms. The summed E-state index contributed by atoms with van der Waals surface area (Å²) in [5.41, 5.74) is 4.04. The molecule has 0 unspecified atom stereocenters. The molecule has 1 aliphatic rings. The Balaban J connectivity index is 1.53. The summed E-state index contributed by atoms with van der Waals surface area (Å²) in [5, 5.41) is 13.3. The molecule has 1 aliphatic heterocycles. The number of carboxylic acids is 1. The number of piperidine rings is 1. The molecular formula is C27H23ClNO6-. The van der Waals surface area contributed by atoms with Crippen LogP contribution in [0, 0.1) is 19.8 Å². The Morgan fingerprint density at radius 3 is 2.40 bits per heavy atom. The Hall–Kier alpha value is -3.58. The number of benzene rings is 2. The first-order valence-corrected chi connectivity index (χ1v) is 11.8. The van der Waals surface area contributed by atoms with Gasteiger partial charge >= 0.3 is 5.63 Å². The maximum Gasteiger partial charge on any atom is 0.340 e. The lowest BCUT2D eigenvalue weighted by Crippen LogP contribution is -2.44. The Bertz CT molecular complexity index is 1520. The van der Waals surface area contributed by atoms with Crippen LogP contribution in [0.5, 0.6) is 0 Å². The first kappa shape index (κ1) is 23.2. The van der Waals surface area contributed by atoms with E-state index in [1.807, 2.05) is 44.2 Å². The number of carbonyl (C=O) groups excluding carboxylic acids is 2. The summed E-state index contributed by atoms with van der Waals surface area (Å²) < 4.78 is 11.5. The molecule has 3 heterocycles. The number of likely N-dealkylation sites (tertiary alicyclic amines) is 1. The van der Waals surface area contributed by atoms with E-state index in [1.165, 1.54) is 0 Å². The Morgan fingerprint density at radius 1 is 1.06 bits per heavy atom. The molecule has 0 bridgehead atoms. The summed E-state index contributed by atoms with van der Waals surface area (Å²) in [4.78, 5) is 38.5. The number of rotatable bonds is 4. The molecule has 0 spiro atoms. The van der Waals surface area contributed by atoms with Crippen molar-refractivity contribution >= 4 is 45.4 Å². The third kappa shape index (κ3) is 4.10. The summed E-state index contributed by atoms with van der Waals surface area (Å²) in [6, 6.07) is 9.39. The number of amides is 1. The van der Waals surface area contributed by atoms with Crippen molar-refractivity contribution in [2.75, 3.05) is 13.1 Å². The van der Waals surface area contributed by atoms with Crippen molar-refractivity contribution in [1.29, 1.82) is 0 Å². The summed E-state index contributed by atoms with van der Waals surface area (Å²) >= 11 is 6.04. The van der Waals surface area contributed by atoms with Crippen LogP contribution in [-0.4, -0.2) is 29.9 Å². The average Bonchev–Trinajstić information content (AvgIpc) is 3.27. The van der Waals surface area contributed by atoms with Gasteiger partial charge in [-0.2, -0.15) is 0 Å². The van der Waals surface area contributed by atoms with Crippen LogP contribution in [0.15, 0.2) is 50.2 Å². The first-order valence-electron chi connectivity index (χ1n) is 11.5. The van der Waals surface area contributed by atoms with Gasteiger partial charge in [-0.3, -0.25) is 4.79 Å². The van der Waals surface area contributed by atoms with Crippen LogP contribution in [0.4, 0.5) is 0 Å². The van der Waals surface area contributed by atoms with E-state index in [1.54, 1.807) is 11.2 Å². The molecule has 180 valence electrons. The summed E-state index contributed by atoms with van der Waals surface area (Å²) in [6.45, 7) is 4.31. The van der Waals surface area contributed by atoms with Crippen LogP contribution < -0.4 is 10.7 Å². The van der Waals surface area contributed by atoms with Crippen molar-refractivity contribution in [3.63, 3.8) is 0 Å². The van der Waals surface area contributed by atoms with E-state index in [9.17, 15) is 19.5 Å². The van der Waals surface area contributed by atoms with Crippen molar-refractivity contribution in [2.45, 2.75) is 33.1 Å². The number of furan rings is 1. The molecule has 2 aromatic heterocycles. The van der Waals surface area contributed by atoms with Gasteiger partial charge in [-0.05, 0) is 56.0 Å². The highest BCUT2D eigenvalue weighted by Crippen LogP contribution is 2.37. The lowest BCUT2D eigenvalue weighted by Gasteiger charge is -2.32. The van der Waals surface area contributed by atoms with Gasteiger partial charge in [0.05, 0.1) is 18.2 Å². The van der Waals surface area contributed by atoms with E-state index >= 15 is 0 Å². The molecule has 0 saturated carbocycles. The third-order valence-electron chi connectivity index (χ3n) is 7.01. The highest BCUT2D eigenvalue weighted by Gasteiger charge is 2.26. The number of carbonyl (C=O) groups is 2. The van der Waals surface area contributed by atoms with E-state index in [0.29, 0.717) is 58.8 Å². The van der Waals surface area contributed by atoms with Gasteiger partial charge in [-0.15, -0.1) is 0 Å². The highest BCUT2D eigenvalue weighted by atomic mass is 35.5. The van der Waals surface area contributed by atoms with Gasteiger partial charge in [0.25, 0.3) is 0 Å². The monoisotopic (exact) mass is 492 g/mol. The molecule has 4 aromatic rings. The van der Waals surface area contributed by atoms with Gasteiger partial charge in [0.1, 0.15) is 11.2 Å². The van der Waals surface area contributed by atoms with Gasteiger partial charge in [-0.1, -0.05) is 23.7 Å². The van der Waals surface area contributed by atoms with E-state index < -0.39 is 17.5 Å². The molecule has 2 aromatic carbocycles. The number of hydrogen-bond donors (Lipinski definition) is 0. The predicted molar refractivity (Wildman–Crippen MR) is 130 cm³/mol. The Labute approximate surface area is 205 Å². The fourth-order valence-corrected chi connectivity index (χ4v) is 5.01. The van der Waals surface area contributed by atoms with Crippen molar-refractivity contribution in [1.82, 2.24) is 4.90 Å². The van der Waals surface area contributed by atoms with Crippen LogP contribution in [0.25, 0.3) is 33.1 Å². The fraction of sp³-hybridized carbons (Fsp3) is 0.296. The molecule has 1 fully saturated rings. The summed E-state index contributed by atoms with van der Waals surface area (Å²) in [7, 11) is 0. The van der Waals surface area contributed by atoms with Crippen molar-refractivity contribution in [3.05, 3.63) is 68.7 Å². The van der Waals surface area contributed by atoms with Crippen LogP contribution in [0.2, 0.25) is 5.02 Å². The Kier molecular flexibility index (Phi) is 5.89. The maximum absolute atomic E-state index is 12.9. The third-order valence-corrected chi connectivity index (χ3v) is 7.26. The van der Waals surface area contributed by atoms with Crippen LogP contribution in [0.3, 0.4) is 0 Å². The standard InChI is InChI=1S/C27H24ClNO6/c1-14-19-11-21-22(16-3-5-18(28)6-4-16)13-34-24(21)15(2)25(19)35-27(33)20(14)12-23(30)29-9-7-17(8-10-29)26(31)32/h3-6,11,13,17H,7-10,12H2,1-2H3,(H,31,32)/p-1. The topological polar surface area (TPSA) is 104 Å². The van der Waals surface area contributed by atoms with E-state index in [2.05, 4.69) is 0 Å². The highest BCUT2D eigenvalue weighted by molar-refractivity contribution is 6.30. The van der Waals surface area contributed by atoms with Crippen LogP contribution >= 0.6 is 11.6 Å². The quantitative estimate of drug-likeness (QED) is 0.399. The van der Waals surface area contributed by atoms with Crippen LogP contribution in [-0.2, 0) is 16.0 Å². The van der Waals surface area contributed by atoms with Gasteiger partial charge in [-0.25, -0.2) is 4.79 Å². The number of fused-ring (bicyclic) bond motifs is 2. The second-order valence-electron chi connectivity index (χ2n) is 9.06. The number of aliphatic carboxylic acids is 1. The van der Waals surface area contributed by atoms with Gasteiger partial charge in [0.2, 0.25) is 5.91 Å². The number of carboxylic acid groups (broad SMARTS) is 1. The second-order valence-corrected chi connectivity index (χ2v) is 9.49. The molecule has 1 amide bonds. The van der Waals surface area contributed by atoms with Crippen molar-refractivity contribution in [3.8, 4) is 11.1 Å². The maximum atomic E-state index is 12.9. The zero-order valence-electron chi connectivity index (χ0n) is 19.4. The number of halogens is 1. The molecular weight excluding hydrogens is 470 g/mol. The number of aryl methyl sites for hydroxylation is 2. The minimum atomic E-state index is -1.08. The molecule has 8 heteroatoms. The van der Waals surface area contributed by atoms with E-state index in [4.69, 9.17) is 20.4 Å². The van der Waals surface area contributed by atoms with Gasteiger partial charge < -0.3 is 23.6 Å². The molecule has 1 saturated heterocycles. The van der Waals surface area contributed by atoms with Crippen LogP contribution in [0.1, 0.15) is 29.5 Å². The number of hydrogen-bond acceptors (Lipinski definition) is 6. The number of nitrogens with zero attached hydrogens (tertiary/aromatic N) is 1. The minimum Gasteiger partial charge on any atom is -0.550 e. The minimum absolute atomic E-state index is 0.105. The lowest BCUT2D eigenvalue weighted by molar-refractivity contribution is -0.312. The molecule has 0 N–H and O–H groups in total. The largest absolute Gasteiger partial charge is 0.550 e. The lowest BCUT2D eigenvalue weighted by atomic mass is 9.95. The predicted octanol–water partition coefficient (Wildman–Crippen LogP) is 4.01. The Morgan fingerprint density at radius 2 is 1.74 bits per heavy atom. The first-order chi connectivity index (χ1) is 16.7. The second kappa shape index (κ2) is 8.89. The van der Waals surface area contributed by atoms with Gasteiger partial charge in [0.15, 0.2) is 0 Å². The molecule has 7 nitrogen and oxygen atoms in total. The average molecular weight is 493 g/mol. The molecule has 0 atom stereocenters. The van der Waals surface area contributed by atoms with Crippen molar-refractivity contribution < 1.29 is 23.5 Å². The molecule has 0 aliphatic carbocycles.